The van der Waals surface area contributed by atoms with Crippen LogP contribution in [0.25, 0.3) is 0 Å². The third kappa shape index (κ3) is 3.02. The quantitative estimate of drug-likeness (QED) is 0.836. The molecule has 2 rings (SSSR count). The number of rotatable bonds is 4. The molecule has 6 nitrogen and oxygen atoms in total. The predicted octanol–water partition coefficient (Wildman–Crippen LogP) is 1.50. The predicted molar refractivity (Wildman–Crippen MR) is 66.8 cm³/mol. The zero-order valence-electron chi connectivity index (χ0n) is 10.5. The van der Waals surface area contributed by atoms with Crippen LogP contribution >= 0.6 is 11.8 Å². The second-order valence-electron chi connectivity index (χ2n) is 4.44. The van der Waals surface area contributed by atoms with Crippen LogP contribution in [0.3, 0.4) is 0 Å². The van der Waals surface area contributed by atoms with Crippen LogP contribution in [0.15, 0.2) is 5.16 Å². The highest BCUT2D eigenvalue weighted by Crippen LogP contribution is 2.30. The number of nitrogens with zero attached hydrogens (tertiary/aromatic N) is 3. The lowest BCUT2D eigenvalue weighted by Gasteiger charge is -2.29. The number of ether oxygens (including phenoxy) is 1. The molecule has 100 valence electrons. The van der Waals surface area contributed by atoms with E-state index in [0.29, 0.717) is 11.2 Å². The van der Waals surface area contributed by atoms with Gasteiger partial charge in [-0.3, -0.25) is 4.79 Å². The summed E-state index contributed by atoms with van der Waals surface area (Å²) < 4.78 is 7.58. The number of carboxylic acids is 1. The largest absolute Gasteiger partial charge is 0.481 e. The number of thioether (sulfide) groups is 1. The molecule has 7 heteroatoms. The summed E-state index contributed by atoms with van der Waals surface area (Å²) in [6.45, 7) is 4.68. The molecule has 0 saturated carbocycles. The first kappa shape index (κ1) is 13.4. The summed E-state index contributed by atoms with van der Waals surface area (Å²) in [5.74, 6) is 0.00576. The summed E-state index contributed by atoms with van der Waals surface area (Å²) in [5.41, 5.74) is 0. The first-order chi connectivity index (χ1) is 8.58. The highest BCUT2D eigenvalue weighted by atomic mass is 32.2. The first-order valence-corrected chi connectivity index (χ1v) is 6.94. The number of hydrogen-bond acceptors (Lipinski definition) is 5. The Morgan fingerprint density at radius 2 is 2.39 bits per heavy atom. The minimum absolute atomic E-state index is 0.0108. The molecule has 0 spiro atoms. The maximum Gasteiger partial charge on any atom is 0.313 e. The molecule has 18 heavy (non-hydrogen) atoms. The van der Waals surface area contributed by atoms with Gasteiger partial charge in [-0.2, -0.15) is 0 Å². The highest BCUT2D eigenvalue weighted by molar-refractivity contribution is 7.99. The Kier molecular flexibility index (Phi) is 4.23. The van der Waals surface area contributed by atoms with Crippen LogP contribution in [0.5, 0.6) is 0 Å². The van der Waals surface area contributed by atoms with Gasteiger partial charge in [0.15, 0.2) is 5.16 Å². The van der Waals surface area contributed by atoms with Gasteiger partial charge in [-0.1, -0.05) is 11.8 Å². The molecule has 2 unspecified atom stereocenters. The maximum atomic E-state index is 10.6. The third-order valence-electron chi connectivity index (χ3n) is 2.98. The lowest BCUT2D eigenvalue weighted by molar-refractivity contribution is -0.133. The fourth-order valence-corrected chi connectivity index (χ4v) is 2.98. The van der Waals surface area contributed by atoms with Gasteiger partial charge >= 0.3 is 5.97 Å². The molecule has 1 aliphatic heterocycles. The maximum absolute atomic E-state index is 10.6. The number of aliphatic carboxylic acids is 1. The van der Waals surface area contributed by atoms with E-state index in [1.807, 2.05) is 11.5 Å². The lowest BCUT2D eigenvalue weighted by atomic mass is 10.0. The van der Waals surface area contributed by atoms with Crippen LogP contribution in [0.1, 0.15) is 31.6 Å². The van der Waals surface area contributed by atoms with Crippen LogP contribution in [0.2, 0.25) is 0 Å². The molecule has 1 aromatic heterocycles. The Bertz CT molecular complexity index is 435. The smallest absolute Gasteiger partial charge is 0.313 e. The Labute approximate surface area is 110 Å². The Morgan fingerprint density at radius 1 is 1.61 bits per heavy atom. The summed E-state index contributed by atoms with van der Waals surface area (Å²) in [6.07, 6.45) is 2.06. The van der Waals surface area contributed by atoms with Gasteiger partial charge in [-0.05, 0) is 26.7 Å². The van der Waals surface area contributed by atoms with Crippen LogP contribution < -0.4 is 0 Å². The minimum Gasteiger partial charge on any atom is -0.481 e. The van der Waals surface area contributed by atoms with Gasteiger partial charge in [0.2, 0.25) is 0 Å². The summed E-state index contributed by atoms with van der Waals surface area (Å²) in [7, 11) is 0. The molecule has 0 amide bonds. The second kappa shape index (κ2) is 5.71. The first-order valence-electron chi connectivity index (χ1n) is 5.95. The molecule has 0 aliphatic carbocycles. The Balaban J connectivity index is 2.15. The number of carbonyl (C=O) groups is 1. The van der Waals surface area contributed by atoms with Crippen molar-refractivity contribution in [3.05, 3.63) is 5.82 Å². The van der Waals surface area contributed by atoms with Crippen molar-refractivity contribution in [2.24, 2.45) is 0 Å². The zero-order valence-corrected chi connectivity index (χ0v) is 11.3. The summed E-state index contributed by atoms with van der Waals surface area (Å²) in [4.78, 5) is 10.6. The van der Waals surface area contributed by atoms with E-state index < -0.39 is 5.97 Å². The summed E-state index contributed by atoms with van der Waals surface area (Å²) >= 11 is 1.22. The van der Waals surface area contributed by atoms with E-state index in [0.717, 1.165) is 25.3 Å². The normalized spacial score (nSPS) is 24.1. The van der Waals surface area contributed by atoms with E-state index in [9.17, 15) is 4.79 Å². The van der Waals surface area contributed by atoms with Crippen molar-refractivity contribution in [1.82, 2.24) is 14.8 Å². The van der Waals surface area contributed by atoms with Gasteiger partial charge in [0, 0.05) is 12.6 Å². The van der Waals surface area contributed by atoms with Gasteiger partial charge in [0.05, 0.1) is 11.9 Å². The van der Waals surface area contributed by atoms with Crippen molar-refractivity contribution in [2.75, 3.05) is 12.4 Å². The molecular weight excluding hydrogens is 254 g/mol. The lowest BCUT2D eigenvalue weighted by Crippen LogP contribution is -2.26. The third-order valence-corrected chi connectivity index (χ3v) is 3.91. The standard InChI is InChI=1S/C11H17N3O3S/c1-7-5-9(3-4-17-7)14-8(2)12-13-11(14)18-6-10(15)16/h7,9H,3-6H2,1-2H3,(H,15,16). The number of hydrogen-bond donors (Lipinski definition) is 1. The van der Waals surface area contributed by atoms with Crippen molar-refractivity contribution in [3.63, 3.8) is 0 Å². The van der Waals surface area contributed by atoms with E-state index in [1.165, 1.54) is 11.8 Å². The van der Waals surface area contributed by atoms with E-state index in [1.54, 1.807) is 0 Å². The molecule has 2 atom stereocenters. The molecule has 0 radical (unpaired) electrons. The molecule has 1 aliphatic rings. The van der Waals surface area contributed by atoms with E-state index in [-0.39, 0.29) is 11.9 Å². The highest BCUT2D eigenvalue weighted by Gasteiger charge is 2.25. The Hall–Kier alpha value is -1.08. The Morgan fingerprint density at radius 3 is 3.06 bits per heavy atom. The van der Waals surface area contributed by atoms with Crippen LogP contribution in [-0.4, -0.2) is 44.3 Å². The van der Waals surface area contributed by atoms with E-state index in [4.69, 9.17) is 9.84 Å². The SMILES string of the molecule is Cc1nnc(SCC(=O)O)n1C1CCOC(C)C1. The van der Waals surface area contributed by atoms with Gasteiger partial charge in [0.25, 0.3) is 0 Å². The number of aryl methyl sites for hydroxylation is 1. The molecule has 1 aromatic rings. The van der Waals surface area contributed by atoms with Crippen molar-refractivity contribution in [1.29, 1.82) is 0 Å². The second-order valence-corrected chi connectivity index (χ2v) is 5.38. The summed E-state index contributed by atoms with van der Waals surface area (Å²) in [6, 6.07) is 0.306. The molecule has 0 aromatic carbocycles. The monoisotopic (exact) mass is 271 g/mol. The molecule has 1 saturated heterocycles. The topological polar surface area (TPSA) is 77.2 Å². The molecule has 1 N–H and O–H groups in total. The number of aromatic nitrogens is 3. The van der Waals surface area contributed by atoms with Crippen LogP contribution in [0.4, 0.5) is 0 Å². The van der Waals surface area contributed by atoms with Gasteiger partial charge in [-0.15, -0.1) is 10.2 Å². The van der Waals surface area contributed by atoms with E-state index in [2.05, 4.69) is 17.1 Å². The average molecular weight is 271 g/mol. The van der Waals surface area contributed by atoms with Gasteiger partial charge < -0.3 is 14.4 Å². The molecule has 2 heterocycles. The van der Waals surface area contributed by atoms with Crippen molar-refractivity contribution < 1.29 is 14.6 Å². The van der Waals surface area contributed by atoms with Crippen molar-refractivity contribution in [2.45, 2.75) is 44.0 Å². The van der Waals surface area contributed by atoms with E-state index >= 15 is 0 Å². The summed E-state index contributed by atoms with van der Waals surface area (Å²) in [5, 5.41) is 17.5. The van der Waals surface area contributed by atoms with Gasteiger partial charge in [0.1, 0.15) is 5.82 Å². The molecular formula is C11H17N3O3S. The zero-order chi connectivity index (χ0) is 13.1. The van der Waals surface area contributed by atoms with Crippen molar-refractivity contribution >= 4 is 17.7 Å². The number of carboxylic acid groups (broad SMARTS) is 1. The fourth-order valence-electron chi connectivity index (χ4n) is 2.20. The minimum atomic E-state index is -0.840. The molecule has 0 bridgehead atoms. The van der Waals surface area contributed by atoms with Crippen LogP contribution in [0, 0.1) is 6.92 Å². The van der Waals surface area contributed by atoms with Crippen molar-refractivity contribution in [3.8, 4) is 0 Å². The van der Waals surface area contributed by atoms with Crippen LogP contribution in [-0.2, 0) is 9.53 Å². The molecule has 1 fully saturated rings. The fraction of sp³-hybridized carbons (Fsp3) is 0.727. The van der Waals surface area contributed by atoms with Gasteiger partial charge in [-0.25, -0.2) is 0 Å². The average Bonchev–Trinajstić information content (AvgIpc) is 2.68.